The fourth-order valence-electron chi connectivity index (χ4n) is 5.92. The van der Waals surface area contributed by atoms with Gasteiger partial charge in [0.25, 0.3) is 0 Å². The van der Waals surface area contributed by atoms with Crippen LogP contribution in [0, 0.1) is 0 Å². The number of hydrogen-bond donors (Lipinski definition) is 2. The van der Waals surface area contributed by atoms with E-state index in [1.54, 1.807) is 6.33 Å². The lowest BCUT2D eigenvalue weighted by atomic mass is 10.0. The average molecular weight is 572 g/mol. The summed E-state index contributed by atoms with van der Waals surface area (Å²) in [5.74, 6) is 0.419. The second-order valence-corrected chi connectivity index (χ2v) is 12.0. The first-order chi connectivity index (χ1) is 20.2. The number of rotatable bonds is 24. The minimum absolute atomic E-state index is 0.0128. The van der Waals surface area contributed by atoms with Crippen molar-refractivity contribution in [1.29, 1.82) is 0 Å². The van der Waals surface area contributed by atoms with E-state index in [2.05, 4.69) is 27.2 Å². The van der Waals surface area contributed by atoms with Crippen LogP contribution in [0.4, 0.5) is 5.82 Å². The van der Waals surface area contributed by atoms with Gasteiger partial charge in [-0.3, -0.25) is 9.36 Å². The van der Waals surface area contributed by atoms with Crippen LogP contribution in [0.5, 0.6) is 0 Å². The molecule has 1 aliphatic rings. The summed E-state index contributed by atoms with van der Waals surface area (Å²) in [7, 11) is 0. The molecule has 2 aromatic rings. The van der Waals surface area contributed by atoms with Crippen molar-refractivity contribution >= 4 is 22.9 Å². The SMILES string of the molecule is CCCCCCCCCCCCCCCCCCCCCCC(=O)Nc1ncnc2c1ncn2[C@H]1CC[C@@H](CO)O1. The van der Waals surface area contributed by atoms with Crippen LogP contribution in [0.15, 0.2) is 12.7 Å². The highest BCUT2D eigenvalue weighted by molar-refractivity contribution is 5.96. The Hall–Kier alpha value is -2.06. The molecule has 0 unspecified atom stereocenters. The number of nitrogens with zero attached hydrogens (tertiary/aromatic N) is 4. The summed E-state index contributed by atoms with van der Waals surface area (Å²) in [5, 5.41) is 12.3. The average Bonchev–Trinajstić information content (AvgIpc) is 3.64. The molecule has 0 bridgehead atoms. The van der Waals surface area contributed by atoms with Gasteiger partial charge in [0.1, 0.15) is 12.6 Å². The Morgan fingerprint density at radius 1 is 0.805 bits per heavy atom. The lowest BCUT2D eigenvalue weighted by Crippen LogP contribution is -2.15. The van der Waals surface area contributed by atoms with Crippen molar-refractivity contribution in [3.63, 3.8) is 0 Å². The van der Waals surface area contributed by atoms with E-state index in [-0.39, 0.29) is 24.8 Å². The number of anilines is 1. The van der Waals surface area contributed by atoms with Gasteiger partial charge in [0.05, 0.1) is 19.0 Å². The van der Waals surface area contributed by atoms with Crippen LogP contribution in [-0.2, 0) is 9.53 Å². The maximum absolute atomic E-state index is 12.5. The molecular formula is C33H57N5O3. The number of aromatic nitrogens is 4. The van der Waals surface area contributed by atoms with Crippen LogP contribution in [0.25, 0.3) is 11.2 Å². The van der Waals surface area contributed by atoms with Crippen LogP contribution >= 0.6 is 0 Å². The van der Waals surface area contributed by atoms with Crippen molar-refractivity contribution < 1.29 is 14.6 Å². The molecule has 8 heteroatoms. The van der Waals surface area contributed by atoms with Gasteiger partial charge in [-0.25, -0.2) is 15.0 Å². The van der Waals surface area contributed by atoms with Crippen molar-refractivity contribution in [2.45, 2.75) is 167 Å². The van der Waals surface area contributed by atoms with Crippen LogP contribution in [0.3, 0.4) is 0 Å². The molecule has 2 N–H and O–H groups in total. The van der Waals surface area contributed by atoms with E-state index in [4.69, 9.17) is 4.74 Å². The van der Waals surface area contributed by atoms with Gasteiger partial charge >= 0.3 is 0 Å². The molecule has 1 amide bonds. The Morgan fingerprint density at radius 3 is 1.85 bits per heavy atom. The number of amides is 1. The second kappa shape index (κ2) is 20.8. The molecule has 0 saturated carbocycles. The molecule has 8 nitrogen and oxygen atoms in total. The lowest BCUT2D eigenvalue weighted by Gasteiger charge is -2.13. The quantitative estimate of drug-likeness (QED) is 0.122. The Kier molecular flexibility index (Phi) is 16.9. The molecule has 0 spiro atoms. The van der Waals surface area contributed by atoms with E-state index in [0.717, 1.165) is 25.7 Å². The van der Waals surface area contributed by atoms with Crippen LogP contribution < -0.4 is 5.32 Å². The molecule has 2 atom stereocenters. The van der Waals surface area contributed by atoms with E-state index in [9.17, 15) is 9.90 Å². The zero-order valence-corrected chi connectivity index (χ0v) is 25.8. The highest BCUT2D eigenvalue weighted by Gasteiger charge is 2.28. The summed E-state index contributed by atoms with van der Waals surface area (Å²) in [5.41, 5.74) is 1.21. The summed E-state index contributed by atoms with van der Waals surface area (Å²) in [6, 6.07) is 0. The number of carbonyl (C=O) groups excluding carboxylic acids is 1. The van der Waals surface area contributed by atoms with Gasteiger partial charge in [-0.15, -0.1) is 0 Å². The highest BCUT2D eigenvalue weighted by Crippen LogP contribution is 2.31. The van der Waals surface area contributed by atoms with E-state index < -0.39 is 0 Å². The number of fused-ring (bicyclic) bond motifs is 1. The first-order valence-electron chi connectivity index (χ1n) is 17.0. The molecular weight excluding hydrogens is 514 g/mol. The van der Waals surface area contributed by atoms with Crippen molar-refractivity contribution in [2.24, 2.45) is 0 Å². The number of aliphatic hydroxyl groups is 1. The zero-order chi connectivity index (χ0) is 29.0. The minimum Gasteiger partial charge on any atom is -0.394 e. The summed E-state index contributed by atoms with van der Waals surface area (Å²) in [6.07, 6.45) is 31.8. The predicted molar refractivity (Wildman–Crippen MR) is 167 cm³/mol. The fourth-order valence-corrected chi connectivity index (χ4v) is 5.92. The standard InChI is InChI=1S/C33H57N5O3/c1-2-3-4-5-6-7-8-9-10-11-12-13-14-15-16-17-18-19-20-21-22-29(40)37-32-31-33(35-26-34-32)38(27-36-31)30-24-23-28(25-39)41-30/h26-28,30,39H,2-25H2,1H3,(H,34,35,37,40)/t28-,30+/m0/s1. The molecule has 2 aromatic heterocycles. The Bertz CT molecular complexity index is 965. The molecule has 0 radical (unpaired) electrons. The molecule has 0 aromatic carbocycles. The second-order valence-electron chi connectivity index (χ2n) is 12.0. The van der Waals surface area contributed by atoms with Gasteiger partial charge < -0.3 is 15.2 Å². The van der Waals surface area contributed by atoms with Gasteiger partial charge in [0, 0.05) is 6.42 Å². The molecule has 1 aliphatic heterocycles. The third-order valence-corrected chi connectivity index (χ3v) is 8.47. The monoisotopic (exact) mass is 571 g/mol. The van der Waals surface area contributed by atoms with Crippen molar-refractivity contribution in [1.82, 2.24) is 19.5 Å². The molecule has 1 saturated heterocycles. The Labute approximate surface area is 248 Å². The number of nitrogens with one attached hydrogen (secondary N) is 1. The topological polar surface area (TPSA) is 102 Å². The van der Waals surface area contributed by atoms with Crippen molar-refractivity contribution in [3.8, 4) is 0 Å². The van der Waals surface area contributed by atoms with Crippen molar-refractivity contribution in [3.05, 3.63) is 12.7 Å². The molecule has 3 rings (SSSR count). The van der Waals surface area contributed by atoms with Gasteiger partial charge in [0.15, 0.2) is 17.0 Å². The van der Waals surface area contributed by atoms with Crippen molar-refractivity contribution in [2.75, 3.05) is 11.9 Å². The first-order valence-corrected chi connectivity index (χ1v) is 17.0. The minimum atomic E-state index is -0.204. The molecule has 1 fully saturated rings. The number of imidazole rings is 1. The van der Waals surface area contributed by atoms with E-state index in [1.165, 1.54) is 122 Å². The predicted octanol–water partition coefficient (Wildman–Crippen LogP) is 8.65. The number of carbonyl (C=O) groups is 1. The Balaban J connectivity index is 1.13. The highest BCUT2D eigenvalue weighted by atomic mass is 16.5. The lowest BCUT2D eigenvalue weighted by molar-refractivity contribution is -0.116. The summed E-state index contributed by atoms with van der Waals surface area (Å²) < 4.78 is 7.72. The summed E-state index contributed by atoms with van der Waals surface area (Å²) in [6.45, 7) is 2.30. The number of hydrogen-bond acceptors (Lipinski definition) is 6. The Morgan fingerprint density at radius 2 is 1.34 bits per heavy atom. The smallest absolute Gasteiger partial charge is 0.225 e. The third kappa shape index (κ3) is 12.8. The van der Waals surface area contributed by atoms with Crippen LogP contribution in [0.1, 0.15) is 161 Å². The molecule has 232 valence electrons. The van der Waals surface area contributed by atoms with Crippen LogP contribution in [0.2, 0.25) is 0 Å². The normalized spacial score (nSPS) is 17.0. The van der Waals surface area contributed by atoms with Gasteiger partial charge in [0.2, 0.25) is 5.91 Å². The maximum atomic E-state index is 12.5. The van der Waals surface area contributed by atoms with E-state index >= 15 is 0 Å². The number of aliphatic hydroxyl groups excluding tert-OH is 1. The number of ether oxygens (including phenoxy) is 1. The number of unbranched alkanes of at least 4 members (excludes halogenated alkanes) is 19. The van der Waals surface area contributed by atoms with E-state index in [1.807, 2.05) is 4.57 Å². The largest absolute Gasteiger partial charge is 0.394 e. The molecule has 41 heavy (non-hydrogen) atoms. The van der Waals surface area contributed by atoms with Gasteiger partial charge in [-0.05, 0) is 19.3 Å². The molecule has 3 heterocycles. The summed E-state index contributed by atoms with van der Waals surface area (Å²) in [4.78, 5) is 25.6. The summed E-state index contributed by atoms with van der Waals surface area (Å²) >= 11 is 0. The molecule has 0 aliphatic carbocycles. The van der Waals surface area contributed by atoms with Gasteiger partial charge in [-0.1, -0.05) is 129 Å². The fraction of sp³-hybridized carbons (Fsp3) is 0.818. The maximum Gasteiger partial charge on any atom is 0.225 e. The van der Waals surface area contributed by atoms with E-state index in [0.29, 0.717) is 23.4 Å². The first kappa shape index (κ1) is 33.4. The zero-order valence-electron chi connectivity index (χ0n) is 25.8. The third-order valence-electron chi connectivity index (χ3n) is 8.47. The van der Waals surface area contributed by atoms with Crippen LogP contribution in [-0.4, -0.2) is 43.2 Å². The van der Waals surface area contributed by atoms with Gasteiger partial charge in [-0.2, -0.15) is 0 Å².